The van der Waals surface area contributed by atoms with E-state index in [0.717, 1.165) is 35.4 Å². The van der Waals surface area contributed by atoms with Crippen molar-refractivity contribution in [2.45, 2.75) is 13.0 Å². The molecule has 0 N–H and O–H groups in total. The van der Waals surface area contributed by atoms with Crippen LogP contribution in [-0.2, 0) is 6.61 Å². The summed E-state index contributed by atoms with van der Waals surface area (Å²) < 4.78 is 12.4. The molecular formula is C24H22BrN3O3. The van der Waals surface area contributed by atoms with Gasteiger partial charge in [-0.15, -0.1) is 0 Å². The molecule has 1 aliphatic rings. The number of carbonyl (C=O) groups is 1. The first-order valence-corrected chi connectivity index (χ1v) is 10.9. The van der Waals surface area contributed by atoms with Gasteiger partial charge in [0.25, 0.3) is 5.91 Å². The van der Waals surface area contributed by atoms with Gasteiger partial charge >= 0.3 is 0 Å². The minimum Gasteiger partial charge on any atom is -0.486 e. The second kappa shape index (κ2) is 9.71. The maximum absolute atomic E-state index is 12.9. The SMILES string of the molecule is N#Cc1ccc(N2CCCN(C(=O)c3ccc(COc4cccc(Br)c4)o3)CC2)cc1. The molecule has 1 aliphatic heterocycles. The van der Waals surface area contributed by atoms with Gasteiger partial charge in [-0.3, -0.25) is 4.79 Å². The number of ether oxygens (including phenoxy) is 1. The number of nitrogens with zero attached hydrogens (tertiary/aromatic N) is 3. The van der Waals surface area contributed by atoms with Gasteiger partial charge in [-0.25, -0.2) is 0 Å². The number of carbonyl (C=O) groups excluding carboxylic acids is 1. The average Bonchev–Trinajstić information content (AvgIpc) is 3.13. The third-order valence-electron chi connectivity index (χ3n) is 5.19. The van der Waals surface area contributed by atoms with Crippen molar-refractivity contribution in [3.05, 3.63) is 82.2 Å². The Labute approximate surface area is 189 Å². The summed E-state index contributed by atoms with van der Waals surface area (Å²) in [5, 5.41) is 8.97. The van der Waals surface area contributed by atoms with Gasteiger partial charge in [-0.05, 0) is 61.0 Å². The van der Waals surface area contributed by atoms with Gasteiger partial charge < -0.3 is 19.0 Å². The Balaban J connectivity index is 1.34. The lowest BCUT2D eigenvalue weighted by Gasteiger charge is -2.23. The van der Waals surface area contributed by atoms with Crippen LogP contribution in [-0.4, -0.2) is 37.0 Å². The normalized spacial score (nSPS) is 14.1. The van der Waals surface area contributed by atoms with Gasteiger partial charge in [-0.2, -0.15) is 5.26 Å². The molecule has 1 saturated heterocycles. The van der Waals surface area contributed by atoms with Crippen LogP contribution in [0.3, 0.4) is 0 Å². The molecule has 2 heterocycles. The van der Waals surface area contributed by atoms with Crippen molar-refractivity contribution in [2.75, 3.05) is 31.1 Å². The van der Waals surface area contributed by atoms with Crippen LogP contribution in [0.25, 0.3) is 0 Å². The first kappa shape index (κ1) is 21.0. The van der Waals surface area contributed by atoms with Gasteiger partial charge in [0.15, 0.2) is 5.76 Å². The molecule has 0 bridgehead atoms. The molecule has 0 spiro atoms. The lowest BCUT2D eigenvalue weighted by molar-refractivity contribution is 0.0731. The third kappa shape index (κ3) is 5.28. The number of hydrogen-bond acceptors (Lipinski definition) is 5. The highest BCUT2D eigenvalue weighted by molar-refractivity contribution is 9.10. The van der Waals surface area contributed by atoms with Crippen LogP contribution < -0.4 is 9.64 Å². The molecule has 1 amide bonds. The van der Waals surface area contributed by atoms with Crippen molar-refractivity contribution >= 4 is 27.5 Å². The van der Waals surface area contributed by atoms with Crippen molar-refractivity contribution in [1.82, 2.24) is 4.90 Å². The molecule has 3 aromatic rings. The van der Waals surface area contributed by atoms with Gasteiger partial charge in [-0.1, -0.05) is 22.0 Å². The van der Waals surface area contributed by atoms with Crippen LogP contribution in [0.4, 0.5) is 5.69 Å². The monoisotopic (exact) mass is 479 g/mol. The van der Waals surface area contributed by atoms with E-state index in [4.69, 9.17) is 14.4 Å². The van der Waals surface area contributed by atoms with E-state index in [0.29, 0.717) is 30.2 Å². The quantitative estimate of drug-likeness (QED) is 0.523. The minimum atomic E-state index is -0.101. The first-order chi connectivity index (χ1) is 15.1. The second-order valence-corrected chi connectivity index (χ2v) is 8.22. The van der Waals surface area contributed by atoms with E-state index >= 15 is 0 Å². The molecule has 1 fully saturated rings. The molecule has 0 unspecified atom stereocenters. The first-order valence-electron chi connectivity index (χ1n) is 10.1. The van der Waals surface area contributed by atoms with E-state index in [-0.39, 0.29) is 12.5 Å². The van der Waals surface area contributed by atoms with Crippen LogP contribution in [0, 0.1) is 11.3 Å². The van der Waals surface area contributed by atoms with Crippen molar-refractivity contribution in [2.24, 2.45) is 0 Å². The number of amides is 1. The summed E-state index contributed by atoms with van der Waals surface area (Å²) in [5.74, 6) is 1.57. The van der Waals surface area contributed by atoms with E-state index in [1.54, 1.807) is 12.1 Å². The lowest BCUT2D eigenvalue weighted by atomic mass is 10.2. The summed E-state index contributed by atoms with van der Waals surface area (Å²) in [5.41, 5.74) is 1.71. The number of furan rings is 1. The van der Waals surface area contributed by atoms with Crippen LogP contribution in [0.15, 0.2) is 69.6 Å². The Morgan fingerprint density at radius 3 is 2.68 bits per heavy atom. The summed E-state index contributed by atoms with van der Waals surface area (Å²) >= 11 is 3.42. The summed E-state index contributed by atoms with van der Waals surface area (Å²) in [6.07, 6.45) is 0.866. The molecule has 0 saturated carbocycles. The molecule has 0 aliphatic carbocycles. The van der Waals surface area contributed by atoms with E-state index in [2.05, 4.69) is 26.9 Å². The molecule has 2 aromatic carbocycles. The summed E-state index contributed by atoms with van der Waals surface area (Å²) in [6.45, 7) is 3.15. The highest BCUT2D eigenvalue weighted by Gasteiger charge is 2.23. The molecule has 31 heavy (non-hydrogen) atoms. The summed E-state index contributed by atoms with van der Waals surface area (Å²) in [4.78, 5) is 17.0. The van der Waals surface area contributed by atoms with Crippen LogP contribution in [0.5, 0.6) is 5.75 Å². The lowest BCUT2D eigenvalue weighted by Crippen LogP contribution is -2.35. The molecular weight excluding hydrogens is 458 g/mol. The Kier molecular flexibility index (Phi) is 6.58. The number of benzene rings is 2. The molecule has 1 aromatic heterocycles. The fraction of sp³-hybridized carbons (Fsp3) is 0.250. The minimum absolute atomic E-state index is 0.101. The molecule has 0 atom stereocenters. The standard InChI is InChI=1S/C24H22BrN3O3/c25-19-3-1-4-21(15-19)30-17-22-9-10-23(31-22)24(29)28-12-2-11-27(13-14-28)20-7-5-18(16-26)6-8-20/h1,3-10,15H,2,11-14,17H2. The predicted molar refractivity (Wildman–Crippen MR) is 121 cm³/mol. The smallest absolute Gasteiger partial charge is 0.289 e. The largest absolute Gasteiger partial charge is 0.486 e. The zero-order valence-electron chi connectivity index (χ0n) is 17.0. The Bertz CT molecular complexity index is 1090. The maximum Gasteiger partial charge on any atom is 0.289 e. The van der Waals surface area contributed by atoms with Gasteiger partial charge in [0, 0.05) is 36.3 Å². The second-order valence-electron chi connectivity index (χ2n) is 7.30. The van der Waals surface area contributed by atoms with Crippen LogP contribution in [0.1, 0.15) is 28.3 Å². The number of rotatable bonds is 5. The van der Waals surface area contributed by atoms with E-state index in [1.165, 1.54) is 0 Å². The fourth-order valence-electron chi connectivity index (χ4n) is 3.56. The Morgan fingerprint density at radius 1 is 1.06 bits per heavy atom. The fourth-order valence-corrected chi connectivity index (χ4v) is 3.94. The number of halogens is 1. The van der Waals surface area contributed by atoms with Gasteiger partial charge in [0.05, 0.1) is 11.6 Å². The zero-order chi connectivity index (χ0) is 21.6. The summed E-state index contributed by atoms with van der Waals surface area (Å²) in [6, 6.07) is 20.8. The van der Waals surface area contributed by atoms with E-state index in [9.17, 15) is 4.79 Å². The molecule has 0 radical (unpaired) electrons. The van der Waals surface area contributed by atoms with Gasteiger partial charge in [0.2, 0.25) is 0 Å². The maximum atomic E-state index is 12.9. The number of hydrogen-bond donors (Lipinski definition) is 0. The summed E-state index contributed by atoms with van der Waals surface area (Å²) in [7, 11) is 0. The van der Waals surface area contributed by atoms with E-state index in [1.807, 2.05) is 53.4 Å². The Morgan fingerprint density at radius 2 is 1.90 bits per heavy atom. The highest BCUT2D eigenvalue weighted by Crippen LogP contribution is 2.21. The highest BCUT2D eigenvalue weighted by atomic mass is 79.9. The molecule has 6 nitrogen and oxygen atoms in total. The molecule has 7 heteroatoms. The molecule has 158 valence electrons. The number of nitriles is 1. The van der Waals surface area contributed by atoms with E-state index < -0.39 is 0 Å². The van der Waals surface area contributed by atoms with Crippen molar-refractivity contribution in [1.29, 1.82) is 5.26 Å². The average molecular weight is 480 g/mol. The van der Waals surface area contributed by atoms with Crippen molar-refractivity contribution in [3.8, 4) is 11.8 Å². The van der Waals surface area contributed by atoms with Crippen molar-refractivity contribution < 1.29 is 13.9 Å². The third-order valence-corrected chi connectivity index (χ3v) is 5.69. The van der Waals surface area contributed by atoms with Crippen LogP contribution >= 0.6 is 15.9 Å². The molecule has 4 rings (SSSR count). The van der Waals surface area contributed by atoms with Gasteiger partial charge in [0.1, 0.15) is 18.1 Å². The van der Waals surface area contributed by atoms with Crippen LogP contribution in [0.2, 0.25) is 0 Å². The van der Waals surface area contributed by atoms with Crippen molar-refractivity contribution in [3.63, 3.8) is 0 Å². The predicted octanol–water partition coefficient (Wildman–Crippen LogP) is 4.85. The zero-order valence-corrected chi connectivity index (χ0v) is 18.5. The Hall–Kier alpha value is -3.24. The topological polar surface area (TPSA) is 69.7 Å². The number of anilines is 1.